The summed E-state index contributed by atoms with van der Waals surface area (Å²) < 4.78 is 6.26. The molecule has 0 aliphatic heterocycles. The molecule has 4 heteroatoms. The SMILES string of the molecule is Clc1cc2cnccc2cc1O[C@H]1CC[C@@H](NCC2CCCCC2)CC1. The van der Waals surface area contributed by atoms with Crippen LogP contribution in [0.15, 0.2) is 30.6 Å². The van der Waals surface area contributed by atoms with Crippen LogP contribution in [0.25, 0.3) is 10.8 Å². The van der Waals surface area contributed by atoms with Gasteiger partial charge in [-0.25, -0.2) is 0 Å². The molecule has 0 saturated heterocycles. The molecular formula is C22H29ClN2O. The summed E-state index contributed by atoms with van der Waals surface area (Å²) in [7, 11) is 0. The molecule has 0 atom stereocenters. The number of aromatic nitrogens is 1. The summed E-state index contributed by atoms with van der Waals surface area (Å²) in [6.45, 7) is 1.21. The summed E-state index contributed by atoms with van der Waals surface area (Å²) in [5.41, 5.74) is 0. The maximum atomic E-state index is 6.42. The van der Waals surface area contributed by atoms with E-state index in [2.05, 4.69) is 10.3 Å². The first kappa shape index (κ1) is 18.1. The summed E-state index contributed by atoms with van der Waals surface area (Å²) in [4.78, 5) is 4.15. The second-order valence-corrected chi connectivity index (χ2v) is 8.42. The fraction of sp³-hybridized carbons (Fsp3) is 0.591. The smallest absolute Gasteiger partial charge is 0.138 e. The Morgan fingerprint density at radius 1 is 1.00 bits per heavy atom. The molecule has 140 valence electrons. The van der Waals surface area contributed by atoms with E-state index in [0.717, 1.165) is 35.3 Å². The normalized spacial score (nSPS) is 24.7. The summed E-state index contributed by atoms with van der Waals surface area (Å²) >= 11 is 6.42. The van der Waals surface area contributed by atoms with Crippen LogP contribution in [0, 0.1) is 5.92 Å². The van der Waals surface area contributed by atoms with Crippen molar-refractivity contribution in [1.29, 1.82) is 0 Å². The zero-order valence-corrected chi connectivity index (χ0v) is 16.2. The second-order valence-electron chi connectivity index (χ2n) is 8.01. The summed E-state index contributed by atoms with van der Waals surface area (Å²) in [5, 5.41) is 6.69. The van der Waals surface area contributed by atoms with Gasteiger partial charge in [0, 0.05) is 23.8 Å². The van der Waals surface area contributed by atoms with Crippen LogP contribution in [0.4, 0.5) is 0 Å². The molecule has 0 radical (unpaired) electrons. The molecule has 2 aliphatic carbocycles. The third-order valence-electron chi connectivity index (χ3n) is 6.08. The first-order valence-corrected chi connectivity index (χ1v) is 10.6. The van der Waals surface area contributed by atoms with Crippen LogP contribution in [0.1, 0.15) is 57.8 Å². The number of benzene rings is 1. The van der Waals surface area contributed by atoms with Crippen molar-refractivity contribution in [3.05, 3.63) is 35.6 Å². The minimum atomic E-state index is 0.277. The first-order valence-electron chi connectivity index (χ1n) is 10.2. The molecule has 2 aromatic rings. The van der Waals surface area contributed by atoms with E-state index in [1.165, 1.54) is 51.5 Å². The van der Waals surface area contributed by atoms with Crippen LogP contribution >= 0.6 is 11.6 Å². The van der Waals surface area contributed by atoms with Gasteiger partial charge in [0.2, 0.25) is 0 Å². The maximum Gasteiger partial charge on any atom is 0.138 e. The number of nitrogens with one attached hydrogen (secondary N) is 1. The Morgan fingerprint density at radius 3 is 2.62 bits per heavy atom. The van der Waals surface area contributed by atoms with Gasteiger partial charge in [-0.3, -0.25) is 4.98 Å². The summed E-state index contributed by atoms with van der Waals surface area (Å²) in [5.74, 6) is 1.72. The van der Waals surface area contributed by atoms with Crippen molar-refractivity contribution < 1.29 is 4.74 Å². The number of halogens is 1. The van der Waals surface area contributed by atoms with Gasteiger partial charge in [-0.15, -0.1) is 0 Å². The molecule has 0 amide bonds. The number of hydrogen-bond donors (Lipinski definition) is 1. The van der Waals surface area contributed by atoms with Crippen molar-refractivity contribution in [3.63, 3.8) is 0 Å². The molecule has 0 spiro atoms. The van der Waals surface area contributed by atoms with Crippen LogP contribution in [0.3, 0.4) is 0 Å². The summed E-state index contributed by atoms with van der Waals surface area (Å²) in [6, 6.07) is 6.67. The van der Waals surface area contributed by atoms with Crippen molar-refractivity contribution in [2.45, 2.75) is 69.9 Å². The standard InChI is InChI=1S/C22H29ClN2O/c23-21-12-18-15-24-11-10-17(18)13-22(21)26-20-8-6-19(7-9-20)25-14-16-4-2-1-3-5-16/h10-13,15-16,19-20,25H,1-9,14H2/t19-,20+. The van der Waals surface area contributed by atoms with Crippen LogP contribution in [0.2, 0.25) is 5.02 Å². The topological polar surface area (TPSA) is 34.1 Å². The highest BCUT2D eigenvalue weighted by atomic mass is 35.5. The largest absolute Gasteiger partial charge is 0.489 e. The van der Waals surface area contributed by atoms with Gasteiger partial charge in [-0.2, -0.15) is 0 Å². The molecule has 1 aromatic heterocycles. The number of ether oxygens (including phenoxy) is 1. The molecule has 1 aromatic carbocycles. The highest BCUT2D eigenvalue weighted by Gasteiger charge is 2.24. The third-order valence-corrected chi connectivity index (χ3v) is 6.37. The summed E-state index contributed by atoms with van der Waals surface area (Å²) in [6.07, 6.45) is 15.7. The number of pyridine rings is 1. The van der Waals surface area contributed by atoms with Crippen molar-refractivity contribution in [2.75, 3.05) is 6.54 Å². The van der Waals surface area contributed by atoms with Gasteiger partial charge in [0.1, 0.15) is 5.75 Å². The zero-order chi connectivity index (χ0) is 17.8. The highest BCUT2D eigenvalue weighted by molar-refractivity contribution is 6.32. The van der Waals surface area contributed by atoms with Crippen molar-refractivity contribution in [3.8, 4) is 5.75 Å². The number of rotatable bonds is 5. The molecule has 1 N–H and O–H groups in total. The lowest BCUT2D eigenvalue weighted by atomic mass is 9.88. The molecule has 26 heavy (non-hydrogen) atoms. The minimum absolute atomic E-state index is 0.277. The lowest BCUT2D eigenvalue weighted by Gasteiger charge is -2.31. The van der Waals surface area contributed by atoms with Gasteiger partial charge in [-0.05, 0) is 74.6 Å². The Kier molecular flexibility index (Phi) is 5.96. The lowest BCUT2D eigenvalue weighted by Crippen LogP contribution is -2.39. The minimum Gasteiger partial charge on any atom is -0.489 e. The highest BCUT2D eigenvalue weighted by Crippen LogP contribution is 2.33. The maximum absolute atomic E-state index is 6.42. The number of fused-ring (bicyclic) bond motifs is 1. The van der Waals surface area contributed by atoms with Gasteiger partial charge in [0.25, 0.3) is 0 Å². The predicted octanol–water partition coefficient (Wildman–Crippen LogP) is 5.75. The van der Waals surface area contributed by atoms with Crippen molar-refractivity contribution >= 4 is 22.4 Å². The average Bonchev–Trinajstić information content (AvgIpc) is 2.69. The van der Waals surface area contributed by atoms with E-state index in [1.54, 1.807) is 0 Å². The quantitative estimate of drug-likeness (QED) is 0.725. The van der Waals surface area contributed by atoms with Crippen LogP contribution < -0.4 is 10.1 Å². The molecule has 0 unspecified atom stereocenters. The van der Waals surface area contributed by atoms with Crippen molar-refractivity contribution in [2.24, 2.45) is 5.92 Å². The van der Waals surface area contributed by atoms with E-state index in [0.29, 0.717) is 11.1 Å². The first-order chi connectivity index (χ1) is 12.8. The fourth-order valence-corrected chi connectivity index (χ4v) is 4.68. The van der Waals surface area contributed by atoms with E-state index in [1.807, 2.05) is 30.6 Å². The van der Waals surface area contributed by atoms with E-state index in [-0.39, 0.29) is 6.10 Å². The van der Waals surface area contributed by atoms with Crippen LogP contribution in [0.5, 0.6) is 5.75 Å². The Morgan fingerprint density at radius 2 is 1.81 bits per heavy atom. The van der Waals surface area contributed by atoms with Gasteiger partial charge in [0.15, 0.2) is 0 Å². The fourth-order valence-electron chi connectivity index (χ4n) is 4.47. The monoisotopic (exact) mass is 372 g/mol. The molecule has 2 fully saturated rings. The average molecular weight is 373 g/mol. The molecule has 2 saturated carbocycles. The van der Waals surface area contributed by atoms with Gasteiger partial charge in [0.05, 0.1) is 11.1 Å². The third kappa shape index (κ3) is 4.50. The van der Waals surface area contributed by atoms with E-state index in [4.69, 9.17) is 16.3 Å². The van der Waals surface area contributed by atoms with Crippen LogP contribution in [-0.4, -0.2) is 23.7 Å². The van der Waals surface area contributed by atoms with E-state index >= 15 is 0 Å². The molecular weight excluding hydrogens is 344 g/mol. The van der Waals surface area contributed by atoms with E-state index in [9.17, 15) is 0 Å². The Balaban J connectivity index is 1.28. The van der Waals surface area contributed by atoms with Gasteiger partial charge < -0.3 is 10.1 Å². The molecule has 4 rings (SSSR count). The Hall–Kier alpha value is -1.32. The number of nitrogens with zero attached hydrogens (tertiary/aromatic N) is 1. The molecule has 1 heterocycles. The van der Waals surface area contributed by atoms with Gasteiger partial charge in [-0.1, -0.05) is 30.9 Å². The molecule has 2 aliphatic rings. The Labute approximate surface area is 161 Å². The van der Waals surface area contributed by atoms with Crippen LogP contribution in [-0.2, 0) is 0 Å². The predicted molar refractivity (Wildman–Crippen MR) is 108 cm³/mol. The molecule has 0 bridgehead atoms. The lowest BCUT2D eigenvalue weighted by molar-refractivity contribution is 0.138. The zero-order valence-electron chi connectivity index (χ0n) is 15.4. The second kappa shape index (κ2) is 8.58. The van der Waals surface area contributed by atoms with E-state index < -0.39 is 0 Å². The number of hydrogen-bond acceptors (Lipinski definition) is 3. The van der Waals surface area contributed by atoms with Crippen molar-refractivity contribution in [1.82, 2.24) is 10.3 Å². The Bertz CT molecular complexity index is 721. The molecule has 3 nitrogen and oxygen atoms in total. The van der Waals surface area contributed by atoms with Gasteiger partial charge >= 0.3 is 0 Å².